The maximum absolute atomic E-state index is 8.76. The monoisotopic (exact) mass is 273 g/mol. The molecule has 1 aromatic heterocycles. The zero-order chi connectivity index (χ0) is 11.5. The first-order valence-corrected chi connectivity index (χ1v) is 5.05. The Hall–Kier alpha value is -2.18. The van der Waals surface area contributed by atoms with Crippen molar-refractivity contribution >= 4 is 15.9 Å². The number of benzene rings is 1. The fourth-order valence-corrected chi connectivity index (χ4v) is 1.63. The summed E-state index contributed by atoms with van der Waals surface area (Å²) < 4.78 is 2.16. The van der Waals surface area contributed by atoms with Crippen LogP contribution in [0.2, 0.25) is 0 Å². The number of nitrogens with zero attached hydrogens (tertiary/aromatic N) is 5. The van der Waals surface area contributed by atoms with E-state index in [1.807, 2.05) is 12.1 Å². The van der Waals surface area contributed by atoms with Crippen LogP contribution in [0.25, 0.3) is 5.69 Å². The Morgan fingerprint density at radius 1 is 1.25 bits per heavy atom. The van der Waals surface area contributed by atoms with Crippen molar-refractivity contribution < 1.29 is 0 Å². The van der Waals surface area contributed by atoms with Crippen LogP contribution in [0.5, 0.6) is 0 Å². The molecule has 0 spiro atoms. The molecule has 1 heterocycles. The molecule has 0 N–H and O–H groups in total. The summed E-state index contributed by atoms with van der Waals surface area (Å²) in [5, 5.41) is 21.3. The van der Waals surface area contributed by atoms with Gasteiger partial charge in [-0.3, -0.25) is 0 Å². The molecule has 5 nitrogen and oxygen atoms in total. The van der Waals surface area contributed by atoms with Crippen molar-refractivity contribution in [3.05, 3.63) is 40.4 Å². The maximum atomic E-state index is 8.76. The predicted molar refractivity (Wildman–Crippen MR) is 58.5 cm³/mol. The Kier molecular flexibility index (Phi) is 2.67. The first-order valence-electron chi connectivity index (χ1n) is 4.26. The van der Waals surface area contributed by atoms with Crippen LogP contribution in [-0.4, -0.2) is 14.8 Å². The molecule has 0 bridgehead atoms. The Morgan fingerprint density at radius 3 is 2.62 bits per heavy atom. The SMILES string of the molecule is N#Cc1ncn(-c2ccc(C#N)c(Br)c2)n1. The zero-order valence-corrected chi connectivity index (χ0v) is 9.51. The van der Waals surface area contributed by atoms with Crippen molar-refractivity contribution in [2.75, 3.05) is 0 Å². The molecule has 16 heavy (non-hydrogen) atoms. The van der Waals surface area contributed by atoms with E-state index in [1.165, 1.54) is 11.0 Å². The molecule has 76 valence electrons. The van der Waals surface area contributed by atoms with Crippen LogP contribution in [-0.2, 0) is 0 Å². The summed E-state index contributed by atoms with van der Waals surface area (Å²) in [6.45, 7) is 0. The van der Waals surface area contributed by atoms with E-state index >= 15 is 0 Å². The molecule has 0 aliphatic carbocycles. The number of hydrogen-bond acceptors (Lipinski definition) is 4. The lowest BCUT2D eigenvalue weighted by Gasteiger charge is -2.01. The third-order valence-electron chi connectivity index (χ3n) is 1.93. The minimum atomic E-state index is 0.112. The van der Waals surface area contributed by atoms with Crippen molar-refractivity contribution in [3.63, 3.8) is 0 Å². The fourth-order valence-electron chi connectivity index (χ4n) is 1.18. The molecule has 6 heteroatoms. The van der Waals surface area contributed by atoms with Gasteiger partial charge in [0.1, 0.15) is 18.5 Å². The van der Waals surface area contributed by atoms with Crippen LogP contribution >= 0.6 is 15.9 Å². The summed E-state index contributed by atoms with van der Waals surface area (Å²) >= 11 is 3.28. The molecule has 1 aromatic carbocycles. The lowest BCUT2D eigenvalue weighted by Crippen LogP contribution is -1.95. The molecule has 2 aromatic rings. The minimum absolute atomic E-state index is 0.112. The highest BCUT2D eigenvalue weighted by atomic mass is 79.9. The number of rotatable bonds is 1. The van der Waals surface area contributed by atoms with E-state index in [9.17, 15) is 0 Å². The van der Waals surface area contributed by atoms with Crippen LogP contribution in [0.1, 0.15) is 11.4 Å². The molecule has 0 unspecified atom stereocenters. The third-order valence-corrected chi connectivity index (χ3v) is 2.59. The first-order chi connectivity index (χ1) is 7.74. The Morgan fingerprint density at radius 2 is 2.06 bits per heavy atom. The molecule has 2 rings (SSSR count). The average Bonchev–Trinajstić information content (AvgIpc) is 2.77. The summed E-state index contributed by atoms with van der Waals surface area (Å²) in [6, 6.07) is 9.05. The van der Waals surface area contributed by atoms with Gasteiger partial charge in [-0.25, -0.2) is 9.67 Å². The van der Waals surface area contributed by atoms with Gasteiger partial charge in [-0.1, -0.05) is 0 Å². The van der Waals surface area contributed by atoms with Crippen LogP contribution < -0.4 is 0 Å². The van der Waals surface area contributed by atoms with Crippen molar-refractivity contribution in [2.45, 2.75) is 0 Å². The van der Waals surface area contributed by atoms with E-state index in [2.05, 4.69) is 26.0 Å². The molecule has 0 fully saturated rings. The van der Waals surface area contributed by atoms with E-state index in [1.54, 1.807) is 18.2 Å². The molecule has 0 radical (unpaired) electrons. The van der Waals surface area contributed by atoms with Gasteiger partial charge in [0, 0.05) is 4.47 Å². The molecular weight excluding hydrogens is 270 g/mol. The fraction of sp³-hybridized carbons (Fsp3) is 0. The molecule has 0 aliphatic heterocycles. The number of hydrogen-bond donors (Lipinski definition) is 0. The topological polar surface area (TPSA) is 78.3 Å². The molecule has 0 saturated carbocycles. The van der Waals surface area contributed by atoms with Crippen molar-refractivity contribution in [3.8, 4) is 17.8 Å². The van der Waals surface area contributed by atoms with E-state index in [-0.39, 0.29) is 5.82 Å². The Labute approximate surface area is 99.7 Å². The second-order valence-corrected chi connectivity index (χ2v) is 3.75. The van der Waals surface area contributed by atoms with Gasteiger partial charge in [0.25, 0.3) is 5.82 Å². The summed E-state index contributed by atoms with van der Waals surface area (Å²) in [6.07, 6.45) is 1.45. The molecular formula is C10H4BrN5. The van der Waals surface area contributed by atoms with Gasteiger partial charge in [0.2, 0.25) is 0 Å². The summed E-state index contributed by atoms with van der Waals surface area (Å²) in [7, 11) is 0. The molecule has 0 aliphatic rings. The van der Waals surface area contributed by atoms with E-state index in [4.69, 9.17) is 10.5 Å². The van der Waals surface area contributed by atoms with E-state index in [0.717, 1.165) is 5.69 Å². The van der Waals surface area contributed by atoms with Gasteiger partial charge in [-0.15, -0.1) is 5.10 Å². The van der Waals surface area contributed by atoms with Crippen molar-refractivity contribution in [2.24, 2.45) is 0 Å². The van der Waals surface area contributed by atoms with Gasteiger partial charge < -0.3 is 0 Å². The van der Waals surface area contributed by atoms with Gasteiger partial charge in [0.05, 0.1) is 11.3 Å². The van der Waals surface area contributed by atoms with Gasteiger partial charge in [-0.05, 0) is 34.1 Å². The highest BCUT2D eigenvalue weighted by Crippen LogP contribution is 2.19. The Balaban J connectivity index is 2.47. The maximum Gasteiger partial charge on any atom is 0.252 e. The quantitative estimate of drug-likeness (QED) is 0.793. The van der Waals surface area contributed by atoms with Gasteiger partial charge in [0.15, 0.2) is 0 Å². The lowest BCUT2D eigenvalue weighted by atomic mass is 10.2. The smallest absolute Gasteiger partial charge is 0.220 e. The van der Waals surface area contributed by atoms with Crippen molar-refractivity contribution in [1.29, 1.82) is 10.5 Å². The molecule has 0 saturated heterocycles. The zero-order valence-electron chi connectivity index (χ0n) is 7.92. The highest BCUT2D eigenvalue weighted by Gasteiger charge is 2.04. The second kappa shape index (κ2) is 4.13. The molecule has 0 atom stereocenters. The number of aromatic nitrogens is 3. The van der Waals surface area contributed by atoms with Crippen LogP contribution in [0.15, 0.2) is 29.0 Å². The first kappa shape index (κ1) is 10.3. The van der Waals surface area contributed by atoms with Crippen LogP contribution in [0.3, 0.4) is 0 Å². The highest BCUT2D eigenvalue weighted by molar-refractivity contribution is 9.10. The summed E-state index contributed by atoms with van der Waals surface area (Å²) in [5.74, 6) is 0.112. The molecule has 0 amide bonds. The lowest BCUT2D eigenvalue weighted by molar-refractivity contribution is 0.871. The standard InChI is InChI=1S/C10H4BrN5/c11-9-3-8(2-1-7(9)4-12)16-6-14-10(5-13)15-16/h1-3,6H. The van der Waals surface area contributed by atoms with E-state index in [0.29, 0.717) is 10.0 Å². The third kappa shape index (κ3) is 1.79. The Bertz CT molecular complexity index is 617. The van der Waals surface area contributed by atoms with E-state index < -0.39 is 0 Å². The number of nitriles is 2. The van der Waals surface area contributed by atoms with Crippen LogP contribution in [0.4, 0.5) is 0 Å². The van der Waals surface area contributed by atoms with Crippen LogP contribution in [0, 0.1) is 22.7 Å². The normalized spacial score (nSPS) is 9.44. The predicted octanol–water partition coefficient (Wildman–Crippen LogP) is 1.77. The number of halogens is 1. The van der Waals surface area contributed by atoms with Crippen molar-refractivity contribution in [1.82, 2.24) is 14.8 Å². The largest absolute Gasteiger partial charge is 0.252 e. The van der Waals surface area contributed by atoms with Gasteiger partial charge >= 0.3 is 0 Å². The summed E-state index contributed by atoms with van der Waals surface area (Å²) in [4.78, 5) is 3.79. The average molecular weight is 274 g/mol. The van der Waals surface area contributed by atoms with Gasteiger partial charge in [-0.2, -0.15) is 10.5 Å². The summed E-state index contributed by atoms with van der Waals surface area (Å²) in [5.41, 5.74) is 1.28. The second-order valence-electron chi connectivity index (χ2n) is 2.90. The minimum Gasteiger partial charge on any atom is -0.220 e.